The highest BCUT2D eigenvalue weighted by Crippen LogP contribution is 2.38. The molecule has 0 aromatic heterocycles. The van der Waals surface area contributed by atoms with E-state index >= 15 is 0 Å². The molecule has 0 saturated heterocycles. The van der Waals surface area contributed by atoms with Gasteiger partial charge >= 0.3 is 11.9 Å². The van der Waals surface area contributed by atoms with Gasteiger partial charge in [-0.1, -0.05) is 320 Å². The average molecular weight is 1300 g/mol. The van der Waals surface area contributed by atoms with Gasteiger partial charge in [-0.3, -0.25) is 14.2 Å². The van der Waals surface area contributed by atoms with E-state index in [0.717, 1.165) is 116 Å². The summed E-state index contributed by atoms with van der Waals surface area (Å²) >= 11 is 0. The number of likely N-dealkylation sites (N-methyl/N-ethyl adjacent to an activating group) is 1. The molecule has 10 heteroatoms. The van der Waals surface area contributed by atoms with Gasteiger partial charge in [-0.2, -0.15) is 0 Å². The van der Waals surface area contributed by atoms with Crippen molar-refractivity contribution in [3.63, 3.8) is 0 Å². The van der Waals surface area contributed by atoms with Crippen LogP contribution in [-0.4, -0.2) is 70.0 Å². The van der Waals surface area contributed by atoms with Gasteiger partial charge in [-0.25, -0.2) is 0 Å². The Morgan fingerprint density at radius 2 is 0.587 bits per heavy atom. The van der Waals surface area contributed by atoms with Gasteiger partial charge in [-0.15, -0.1) is 0 Å². The SMILES string of the molecule is CC/C=C\C/C=C\C/C=C\C/C=C\C/C=C\C/C=C\C/C=C\C/C=C\CCCCC(=O)OC(COC(=O)CCCCCCCCCCCCCCCCCCCCCCCCCCC/C=C\C/C=C\C/C=C\C/C=C\C/C=C\CC)COP(=O)([O-])OCC[N+](C)(C)C. The Hall–Kier alpha value is -4.37. The van der Waals surface area contributed by atoms with Gasteiger partial charge in [0.1, 0.15) is 19.8 Å². The van der Waals surface area contributed by atoms with Crippen LogP contribution in [0.3, 0.4) is 0 Å². The second-order valence-corrected chi connectivity index (χ2v) is 27.0. The van der Waals surface area contributed by atoms with E-state index in [2.05, 4.69) is 172 Å². The van der Waals surface area contributed by atoms with Crippen molar-refractivity contribution >= 4 is 19.8 Å². The largest absolute Gasteiger partial charge is 0.756 e. The maximum absolute atomic E-state index is 12.8. The molecule has 0 bridgehead atoms. The van der Waals surface area contributed by atoms with E-state index in [-0.39, 0.29) is 26.1 Å². The van der Waals surface area contributed by atoms with Crippen LogP contribution in [0.25, 0.3) is 0 Å². The summed E-state index contributed by atoms with van der Waals surface area (Å²) < 4.78 is 34.3. The molecule has 0 radical (unpaired) electrons. The first-order valence-electron chi connectivity index (χ1n) is 37.2. The lowest BCUT2D eigenvalue weighted by Gasteiger charge is -2.28. The number of carbonyl (C=O) groups excluding carboxylic acids is 2. The third-order valence-electron chi connectivity index (χ3n) is 15.5. The number of hydrogen-bond donors (Lipinski definition) is 0. The molecule has 0 aromatic rings. The molecule has 524 valence electrons. The molecule has 0 aliphatic heterocycles. The highest BCUT2D eigenvalue weighted by Gasteiger charge is 2.22. The molecule has 0 aliphatic rings. The van der Waals surface area contributed by atoms with Gasteiger partial charge < -0.3 is 27.9 Å². The van der Waals surface area contributed by atoms with E-state index < -0.39 is 32.5 Å². The first-order valence-corrected chi connectivity index (χ1v) is 38.7. The van der Waals surface area contributed by atoms with Crippen molar-refractivity contribution in [1.82, 2.24) is 0 Å². The van der Waals surface area contributed by atoms with Crippen LogP contribution in [0, 0.1) is 0 Å². The van der Waals surface area contributed by atoms with Crippen LogP contribution in [0.2, 0.25) is 0 Å². The normalized spacial score (nSPS) is 14.0. The number of carbonyl (C=O) groups is 2. The fourth-order valence-electron chi connectivity index (χ4n) is 9.94. The van der Waals surface area contributed by atoms with Crippen LogP contribution in [0.15, 0.2) is 158 Å². The average Bonchev–Trinajstić information content (AvgIpc) is 2.14. The van der Waals surface area contributed by atoms with Crippen LogP contribution < -0.4 is 4.89 Å². The molecule has 0 heterocycles. The van der Waals surface area contributed by atoms with E-state index in [1.54, 1.807) is 0 Å². The molecule has 2 unspecified atom stereocenters. The Bertz CT molecular complexity index is 2110. The first-order chi connectivity index (χ1) is 45.0. The van der Waals surface area contributed by atoms with Crippen LogP contribution in [-0.2, 0) is 32.7 Å². The number of quaternary nitrogens is 1. The Balaban J connectivity index is 4.02. The van der Waals surface area contributed by atoms with Crippen molar-refractivity contribution < 1.29 is 42.1 Å². The number of rotatable bonds is 67. The highest BCUT2D eigenvalue weighted by atomic mass is 31.2. The Morgan fingerprint density at radius 1 is 0.337 bits per heavy atom. The summed E-state index contributed by atoms with van der Waals surface area (Å²) in [7, 11) is 1.13. The van der Waals surface area contributed by atoms with E-state index in [0.29, 0.717) is 17.4 Å². The maximum atomic E-state index is 12.8. The van der Waals surface area contributed by atoms with Crippen molar-refractivity contribution in [2.75, 3.05) is 47.5 Å². The summed E-state index contributed by atoms with van der Waals surface area (Å²) in [6, 6.07) is 0. The lowest BCUT2D eigenvalue weighted by molar-refractivity contribution is -0.870. The number of phosphoric ester groups is 1. The number of unbranched alkanes of at least 4 members (excludes halogenated alkanes) is 27. The molecule has 92 heavy (non-hydrogen) atoms. The second-order valence-electron chi connectivity index (χ2n) is 25.5. The minimum atomic E-state index is -4.66. The van der Waals surface area contributed by atoms with Gasteiger partial charge in [-0.05, 0) is 122 Å². The number of hydrogen-bond acceptors (Lipinski definition) is 8. The van der Waals surface area contributed by atoms with Crippen molar-refractivity contribution in [2.45, 2.75) is 302 Å². The zero-order chi connectivity index (χ0) is 66.9. The third-order valence-corrected chi connectivity index (χ3v) is 16.5. The quantitative estimate of drug-likeness (QED) is 0.0195. The van der Waals surface area contributed by atoms with E-state index in [1.807, 2.05) is 21.1 Å². The number of ether oxygens (including phenoxy) is 2. The smallest absolute Gasteiger partial charge is 0.306 e. The Morgan fingerprint density at radius 3 is 0.891 bits per heavy atom. The Labute approximate surface area is 566 Å². The number of allylic oxidation sites excluding steroid dienone is 26. The van der Waals surface area contributed by atoms with Gasteiger partial charge in [0.2, 0.25) is 0 Å². The predicted octanol–water partition coefficient (Wildman–Crippen LogP) is 24.1. The molecular weight excluding hydrogens is 1160 g/mol. The minimum Gasteiger partial charge on any atom is -0.756 e. The van der Waals surface area contributed by atoms with E-state index in [9.17, 15) is 19.0 Å². The van der Waals surface area contributed by atoms with Crippen molar-refractivity contribution in [3.8, 4) is 0 Å². The summed E-state index contributed by atoms with van der Waals surface area (Å²) in [5, 5.41) is 0. The molecule has 0 aliphatic carbocycles. The monoisotopic (exact) mass is 1300 g/mol. The lowest BCUT2D eigenvalue weighted by atomic mass is 10.0. The van der Waals surface area contributed by atoms with Crippen LogP contribution in [0.5, 0.6) is 0 Å². The van der Waals surface area contributed by atoms with Gasteiger partial charge in [0, 0.05) is 12.8 Å². The first kappa shape index (κ1) is 87.6. The molecule has 0 N–H and O–H groups in total. The summed E-state index contributed by atoms with van der Waals surface area (Å²) in [6.45, 7) is 3.97. The topological polar surface area (TPSA) is 111 Å². The summed E-state index contributed by atoms with van der Waals surface area (Å²) in [5.74, 6) is -0.885. The summed E-state index contributed by atoms with van der Waals surface area (Å²) in [5.41, 5.74) is 0. The van der Waals surface area contributed by atoms with Gasteiger partial charge in [0.05, 0.1) is 27.7 Å². The fourth-order valence-corrected chi connectivity index (χ4v) is 10.7. The number of phosphoric acid groups is 1. The minimum absolute atomic E-state index is 0.0458. The lowest BCUT2D eigenvalue weighted by Crippen LogP contribution is -2.37. The molecule has 0 rings (SSSR count). The Kier molecular flexibility index (Phi) is 67.6. The molecule has 9 nitrogen and oxygen atoms in total. The fraction of sp³-hybridized carbons (Fsp3) is 0.659. The zero-order valence-electron chi connectivity index (χ0n) is 59.7. The van der Waals surface area contributed by atoms with Crippen molar-refractivity contribution in [1.29, 1.82) is 0 Å². The predicted molar refractivity (Wildman–Crippen MR) is 397 cm³/mol. The highest BCUT2D eigenvalue weighted by molar-refractivity contribution is 7.45. The molecular formula is C82H138NO8P. The summed E-state index contributed by atoms with van der Waals surface area (Å²) in [4.78, 5) is 38.1. The number of esters is 2. The van der Waals surface area contributed by atoms with Crippen molar-refractivity contribution in [2.24, 2.45) is 0 Å². The van der Waals surface area contributed by atoms with Crippen LogP contribution >= 0.6 is 7.82 Å². The zero-order valence-corrected chi connectivity index (χ0v) is 60.6. The second kappa shape index (κ2) is 70.9. The molecule has 0 amide bonds. The standard InChI is InChI=1S/C82H138NO8P/c1-6-8-10-12-14-16-18-20-22-24-26-28-30-32-34-35-36-37-38-39-40-41-42-43-44-45-46-47-49-50-52-54-56-58-60-62-64-66-68-70-72-74-81(84)88-78-80(79-90-92(86,87)89-77-76-83(3,4)5)91-82(85)75-73-71-69-67-65-63-61-59-57-55-53-51-48-33-31-29-27-25-23-21-19-17-15-13-11-9-7-2/h8-11,14-17,20-23,26-29,32-34,48,53,55,59,61,65,67,80H,6-7,12-13,18-19,24-25,30-31,35-47,49-52,54,56-58,60,62-64,66,68-79H2,1-5H3/b10-8-,11-9-,16-14-,17-15-,22-20-,23-21-,28-26-,29-27-,34-32-,48-33-,55-53-,61-59-,67-65-. The molecule has 2 atom stereocenters. The molecule has 0 aromatic carbocycles. The van der Waals surface area contributed by atoms with E-state index in [1.165, 1.54) is 148 Å². The van der Waals surface area contributed by atoms with Crippen LogP contribution in [0.4, 0.5) is 0 Å². The van der Waals surface area contributed by atoms with Gasteiger partial charge in [0.25, 0.3) is 7.82 Å². The summed E-state index contributed by atoms with van der Waals surface area (Å²) in [6.07, 6.45) is 106. The van der Waals surface area contributed by atoms with Gasteiger partial charge in [0.15, 0.2) is 6.10 Å². The molecule has 0 saturated carbocycles. The third kappa shape index (κ3) is 74.7. The molecule has 0 spiro atoms. The molecule has 0 fully saturated rings. The van der Waals surface area contributed by atoms with E-state index in [4.69, 9.17) is 18.5 Å². The number of nitrogens with zero attached hydrogens (tertiary/aromatic N) is 1. The maximum Gasteiger partial charge on any atom is 0.306 e. The van der Waals surface area contributed by atoms with Crippen molar-refractivity contribution in [3.05, 3.63) is 158 Å². The van der Waals surface area contributed by atoms with Crippen LogP contribution in [0.1, 0.15) is 296 Å².